The summed E-state index contributed by atoms with van der Waals surface area (Å²) in [5, 5.41) is 7.66. The fraction of sp³-hybridized carbons (Fsp3) is 0.158. The molecule has 146 valence electrons. The first-order valence-electron chi connectivity index (χ1n) is 8.48. The predicted octanol–water partition coefficient (Wildman–Crippen LogP) is 3.05. The maximum atomic E-state index is 12.5. The number of nitrogens with zero attached hydrogens (tertiary/aromatic N) is 2. The normalized spacial score (nSPS) is 11.9. The molecule has 0 aliphatic heterocycles. The Morgan fingerprint density at radius 1 is 0.893 bits per heavy atom. The van der Waals surface area contributed by atoms with Gasteiger partial charge in [-0.25, -0.2) is 16.8 Å². The monoisotopic (exact) mass is 417 g/mol. The molecule has 0 bridgehead atoms. The molecule has 3 aromatic rings. The summed E-state index contributed by atoms with van der Waals surface area (Å²) in [4.78, 5) is 0.164. The third kappa shape index (κ3) is 4.37. The van der Waals surface area contributed by atoms with Gasteiger partial charge in [0.25, 0.3) is 10.0 Å². The zero-order valence-electron chi connectivity index (χ0n) is 15.3. The minimum atomic E-state index is -3.72. The van der Waals surface area contributed by atoms with Gasteiger partial charge >= 0.3 is 0 Å². The lowest BCUT2D eigenvalue weighted by atomic mass is 10.1. The molecule has 0 amide bonds. The van der Waals surface area contributed by atoms with Gasteiger partial charge in [0, 0.05) is 11.3 Å². The van der Waals surface area contributed by atoms with Crippen molar-refractivity contribution in [2.75, 3.05) is 10.5 Å². The summed E-state index contributed by atoms with van der Waals surface area (Å²) >= 11 is 0. The van der Waals surface area contributed by atoms with Crippen LogP contribution in [-0.2, 0) is 19.9 Å². The molecule has 28 heavy (non-hydrogen) atoms. The number of aromatic nitrogens is 2. The number of benzene rings is 2. The van der Waals surface area contributed by atoms with Crippen molar-refractivity contribution in [3.8, 4) is 11.3 Å². The van der Waals surface area contributed by atoms with E-state index in [4.69, 9.17) is 0 Å². The Hall–Kier alpha value is -2.78. The van der Waals surface area contributed by atoms with Gasteiger partial charge in [-0.2, -0.15) is 0 Å². The number of sulfone groups is 1. The summed E-state index contributed by atoms with van der Waals surface area (Å²) in [7, 11) is -7.15. The second kappa shape index (κ2) is 7.69. The highest BCUT2D eigenvalue weighted by Crippen LogP contribution is 2.23. The number of rotatable bonds is 6. The average Bonchev–Trinajstić information content (AvgIpc) is 2.68. The molecule has 0 fully saturated rings. The summed E-state index contributed by atoms with van der Waals surface area (Å²) in [6, 6.07) is 16.1. The Morgan fingerprint density at radius 2 is 1.61 bits per heavy atom. The zero-order chi connectivity index (χ0) is 20.4. The smallest absolute Gasteiger partial charge is 0.261 e. The van der Waals surface area contributed by atoms with Crippen LogP contribution in [0.4, 0.5) is 5.69 Å². The van der Waals surface area contributed by atoms with Gasteiger partial charge in [0.15, 0.2) is 14.9 Å². The Labute approximate surface area is 164 Å². The van der Waals surface area contributed by atoms with Crippen LogP contribution in [0.2, 0.25) is 0 Å². The molecule has 2 aromatic carbocycles. The van der Waals surface area contributed by atoms with Crippen LogP contribution in [0.15, 0.2) is 70.6 Å². The van der Waals surface area contributed by atoms with Crippen molar-refractivity contribution in [2.45, 2.75) is 23.8 Å². The lowest BCUT2D eigenvalue weighted by molar-refractivity contribution is 0.591. The molecule has 7 nitrogen and oxygen atoms in total. The zero-order valence-corrected chi connectivity index (χ0v) is 17.0. The molecular weight excluding hydrogens is 398 g/mol. The third-order valence-corrected chi connectivity index (χ3v) is 7.09. The Bertz CT molecular complexity index is 1190. The molecule has 0 aliphatic carbocycles. The van der Waals surface area contributed by atoms with Gasteiger partial charge in [-0.1, -0.05) is 36.8 Å². The minimum Gasteiger partial charge on any atom is -0.280 e. The van der Waals surface area contributed by atoms with Crippen LogP contribution in [0, 0.1) is 6.92 Å². The summed E-state index contributed by atoms with van der Waals surface area (Å²) in [5.74, 6) is -0.0582. The predicted molar refractivity (Wildman–Crippen MR) is 107 cm³/mol. The summed E-state index contributed by atoms with van der Waals surface area (Å²) in [5.41, 5.74) is 2.38. The molecule has 0 atom stereocenters. The number of sulfonamides is 1. The lowest BCUT2D eigenvalue weighted by Gasteiger charge is -2.10. The number of hydrogen-bond donors (Lipinski definition) is 1. The molecule has 1 heterocycles. The molecule has 1 aromatic heterocycles. The van der Waals surface area contributed by atoms with E-state index in [0.717, 1.165) is 5.56 Å². The van der Waals surface area contributed by atoms with Gasteiger partial charge in [-0.05, 0) is 43.3 Å². The van der Waals surface area contributed by atoms with E-state index >= 15 is 0 Å². The van der Waals surface area contributed by atoms with Gasteiger partial charge in [-0.3, -0.25) is 4.72 Å². The van der Waals surface area contributed by atoms with E-state index < -0.39 is 19.9 Å². The van der Waals surface area contributed by atoms with Crippen LogP contribution < -0.4 is 4.72 Å². The fourth-order valence-corrected chi connectivity index (χ4v) is 4.25. The average molecular weight is 418 g/mol. The van der Waals surface area contributed by atoms with E-state index in [1.54, 1.807) is 54.6 Å². The molecule has 0 unspecified atom stereocenters. The van der Waals surface area contributed by atoms with Crippen LogP contribution in [0.3, 0.4) is 0 Å². The highest BCUT2D eigenvalue weighted by Gasteiger charge is 2.16. The highest BCUT2D eigenvalue weighted by molar-refractivity contribution is 7.92. The molecule has 0 saturated heterocycles. The van der Waals surface area contributed by atoms with Gasteiger partial charge in [0.05, 0.1) is 16.3 Å². The first-order chi connectivity index (χ1) is 13.2. The van der Waals surface area contributed by atoms with Gasteiger partial charge in [0.1, 0.15) is 0 Å². The second-order valence-corrected chi connectivity index (χ2v) is 10.1. The first kappa shape index (κ1) is 20.0. The molecule has 0 spiro atoms. The summed E-state index contributed by atoms with van der Waals surface area (Å²) < 4.78 is 51.3. The van der Waals surface area contributed by atoms with Crippen molar-refractivity contribution in [3.63, 3.8) is 0 Å². The second-order valence-electron chi connectivity index (χ2n) is 6.16. The van der Waals surface area contributed by atoms with Crippen LogP contribution in [0.1, 0.15) is 12.5 Å². The summed E-state index contributed by atoms with van der Waals surface area (Å²) in [6.07, 6.45) is 0. The molecule has 0 saturated carbocycles. The van der Waals surface area contributed by atoms with E-state index in [2.05, 4.69) is 14.9 Å². The SMILES string of the molecule is CCS(=O)(=O)c1ccc(-c2cccc(NS(=O)(=O)c3ccc(C)cc3)c2)nn1. The fourth-order valence-electron chi connectivity index (χ4n) is 2.46. The molecular formula is C19H19N3O4S2. The van der Waals surface area contributed by atoms with Crippen LogP contribution in [0.25, 0.3) is 11.3 Å². The van der Waals surface area contributed by atoms with Crippen molar-refractivity contribution in [1.82, 2.24) is 10.2 Å². The van der Waals surface area contributed by atoms with Crippen molar-refractivity contribution in [3.05, 3.63) is 66.2 Å². The quantitative estimate of drug-likeness (QED) is 0.661. The van der Waals surface area contributed by atoms with Gasteiger partial charge < -0.3 is 0 Å². The van der Waals surface area contributed by atoms with E-state index in [-0.39, 0.29) is 15.7 Å². The van der Waals surface area contributed by atoms with E-state index in [0.29, 0.717) is 16.9 Å². The Balaban J connectivity index is 1.87. The van der Waals surface area contributed by atoms with Crippen LogP contribution in [-0.4, -0.2) is 32.8 Å². The maximum absolute atomic E-state index is 12.5. The van der Waals surface area contributed by atoms with E-state index in [1.807, 2.05) is 6.92 Å². The van der Waals surface area contributed by atoms with Crippen molar-refractivity contribution < 1.29 is 16.8 Å². The number of anilines is 1. The van der Waals surface area contributed by atoms with Crippen LogP contribution in [0.5, 0.6) is 0 Å². The first-order valence-corrected chi connectivity index (χ1v) is 11.6. The minimum absolute atomic E-state index is 0.0582. The van der Waals surface area contributed by atoms with Crippen molar-refractivity contribution >= 4 is 25.5 Å². The highest BCUT2D eigenvalue weighted by atomic mass is 32.2. The van der Waals surface area contributed by atoms with Crippen molar-refractivity contribution in [1.29, 1.82) is 0 Å². The number of hydrogen-bond acceptors (Lipinski definition) is 6. The van der Waals surface area contributed by atoms with Gasteiger partial charge in [-0.15, -0.1) is 10.2 Å². The van der Waals surface area contributed by atoms with Crippen LogP contribution >= 0.6 is 0 Å². The van der Waals surface area contributed by atoms with Gasteiger partial charge in [0.2, 0.25) is 0 Å². The molecule has 3 rings (SSSR count). The lowest BCUT2D eigenvalue weighted by Crippen LogP contribution is -2.13. The van der Waals surface area contributed by atoms with E-state index in [9.17, 15) is 16.8 Å². The Kier molecular flexibility index (Phi) is 5.48. The standard InChI is InChI=1S/C19H19N3O4S2/c1-3-27(23,24)19-12-11-18(20-21-19)15-5-4-6-16(13-15)22-28(25,26)17-9-7-14(2)8-10-17/h4-13,22H,3H2,1-2H3. The molecule has 1 N–H and O–H groups in total. The summed E-state index contributed by atoms with van der Waals surface area (Å²) in [6.45, 7) is 3.42. The maximum Gasteiger partial charge on any atom is 0.261 e. The number of nitrogens with one attached hydrogen (secondary N) is 1. The molecule has 9 heteroatoms. The largest absolute Gasteiger partial charge is 0.280 e. The topological polar surface area (TPSA) is 106 Å². The van der Waals surface area contributed by atoms with Crippen molar-refractivity contribution in [2.24, 2.45) is 0 Å². The molecule has 0 radical (unpaired) electrons. The van der Waals surface area contributed by atoms with E-state index in [1.165, 1.54) is 13.0 Å². The third-order valence-electron chi connectivity index (χ3n) is 4.08. The number of aryl methyl sites for hydroxylation is 1. The molecule has 0 aliphatic rings. The Morgan fingerprint density at radius 3 is 2.21 bits per heavy atom.